The number of esters is 1. The number of nitrogens with zero attached hydrogens (tertiary/aromatic N) is 1. The van der Waals surface area contributed by atoms with Gasteiger partial charge in [0.15, 0.2) is 0 Å². The fraction of sp³-hybridized carbons (Fsp3) is 0.333. The molecule has 1 heterocycles. The van der Waals surface area contributed by atoms with Gasteiger partial charge < -0.3 is 19.6 Å². The Labute approximate surface area is 122 Å². The second-order valence-corrected chi connectivity index (χ2v) is 4.65. The van der Waals surface area contributed by atoms with Crippen LogP contribution in [0.25, 0.3) is 11.5 Å². The zero-order valence-electron chi connectivity index (χ0n) is 12.3. The van der Waals surface area contributed by atoms with E-state index in [0.717, 1.165) is 0 Å². The standard InChI is InChI=1S/C15H18N2O4/c1-4-19-15(18)12-13(16)21-14(17-12)10-6-5-7-11(8-10)20-9(2)3/h5-9H,4,16H2,1-3H3. The van der Waals surface area contributed by atoms with Gasteiger partial charge in [0.05, 0.1) is 12.7 Å². The molecule has 0 aliphatic carbocycles. The van der Waals surface area contributed by atoms with Crippen LogP contribution in [0.1, 0.15) is 31.3 Å². The minimum Gasteiger partial charge on any atom is -0.491 e. The van der Waals surface area contributed by atoms with E-state index in [1.807, 2.05) is 26.0 Å². The highest BCUT2D eigenvalue weighted by Crippen LogP contribution is 2.27. The van der Waals surface area contributed by atoms with Crippen LogP contribution in [0.5, 0.6) is 5.75 Å². The maximum atomic E-state index is 11.7. The third kappa shape index (κ3) is 3.53. The molecule has 21 heavy (non-hydrogen) atoms. The van der Waals surface area contributed by atoms with Gasteiger partial charge in [0.1, 0.15) is 5.75 Å². The molecule has 0 aliphatic heterocycles. The first-order chi connectivity index (χ1) is 10.0. The highest BCUT2D eigenvalue weighted by molar-refractivity contribution is 5.92. The average molecular weight is 290 g/mol. The van der Waals surface area contributed by atoms with Crippen LogP contribution < -0.4 is 10.5 Å². The highest BCUT2D eigenvalue weighted by atomic mass is 16.5. The van der Waals surface area contributed by atoms with E-state index in [1.54, 1.807) is 19.1 Å². The smallest absolute Gasteiger partial charge is 0.362 e. The number of ether oxygens (including phenoxy) is 2. The summed E-state index contributed by atoms with van der Waals surface area (Å²) in [5.41, 5.74) is 6.33. The number of nitrogens with two attached hydrogens (primary N) is 1. The van der Waals surface area contributed by atoms with E-state index < -0.39 is 5.97 Å². The summed E-state index contributed by atoms with van der Waals surface area (Å²) in [6.45, 7) is 5.84. The zero-order chi connectivity index (χ0) is 15.4. The summed E-state index contributed by atoms with van der Waals surface area (Å²) in [6.07, 6.45) is 0.0602. The maximum absolute atomic E-state index is 11.7. The largest absolute Gasteiger partial charge is 0.491 e. The van der Waals surface area contributed by atoms with Crippen LogP contribution in [0.4, 0.5) is 5.88 Å². The minimum absolute atomic E-state index is 0.0120. The van der Waals surface area contributed by atoms with E-state index in [9.17, 15) is 4.79 Å². The van der Waals surface area contributed by atoms with Crippen LogP contribution in [0.15, 0.2) is 28.7 Å². The molecule has 2 N–H and O–H groups in total. The number of rotatable bonds is 5. The number of benzene rings is 1. The molecule has 0 fully saturated rings. The number of carbonyl (C=O) groups excluding carboxylic acids is 1. The Kier molecular flexibility index (Phi) is 4.47. The van der Waals surface area contributed by atoms with Crippen molar-refractivity contribution >= 4 is 11.9 Å². The van der Waals surface area contributed by atoms with Crippen molar-refractivity contribution in [3.63, 3.8) is 0 Å². The summed E-state index contributed by atoms with van der Waals surface area (Å²) in [5, 5.41) is 0. The Morgan fingerprint density at radius 2 is 2.19 bits per heavy atom. The zero-order valence-corrected chi connectivity index (χ0v) is 12.3. The molecule has 0 amide bonds. The Morgan fingerprint density at radius 3 is 2.86 bits per heavy atom. The van der Waals surface area contributed by atoms with E-state index in [1.165, 1.54) is 0 Å². The van der Waals surface area contributed by atoms with Gasteiger partial charge in [-0.25, -0.2) is 4.79 Å². The predicted octanol–water partition coefficient (Wildman–Crippen LogP) is 2.89. The molecular weight excluding hydrogens is 272 g/mol. The summed E-state index contributed by atoms with van der Waals surface area (Å²) >= 11 is 0. The van der Waals surface area contributed by atoms with E-state index in [-0.39, 0.29) is 30.2 Å². The third-order valence-electron chi connectivity index (χ3n) is 2.57. The molecule has 6 heteroatoms. The number of aromatic nitrogens is 1. The fourth-order valence-electron chi connectivity index (χ4n) is 1.78. The lowest BCUT2D eigenvalue weighted by Crippen LogP contribution is -2.07. The monoisotopic (exact) mass is 290 g/mol. The SMILES string of the molecule is CCOC(=O)c1nc(-c2cccc(OC(C)C)c2)oc1N. The first-order valence-corrected chi connectivity index (χ1v) is 6.71. The van der Waals surface area contributed by atoms with Crippen LogP contribution in [-0.4, -0.2) is 23.7 Å². The Morgan fingerprint density at radius 1 is 1.43 bits per heavy atom. The molecule has 0 saturated heterocycles. The molecular formula is C15H18N2O4. The fourth-order valence-corrected chi connectivity index (χ4v) is 1.78. The van der Waals surface area contributed by atoms with E-state index >= 15 is 0 Å². The van der Waals surface area contributed by atoms with Crippen molar-refractivity contribution < 1.29 is 18.7 Å². The van der Waals surface area contributed by atoms with Gasteiger partial charge in [-0.15, -0.1) is 0 Å². The molecule has 0 radical (unpaired) electrons. The Bertz CT molecular complexity index is 634. The number of hydrogen-bond acceptors (Lipinski definition) is 6. The maximum Gasteiger partial charge on any atom is 0.362 e. The molecule has 6 nitrogen and oxygen atoms in total. The second kappa shape index (κ2) is 6.30. The number of oxazole rings is 1. The molecule has 0 aliphatic rings. The first-order valence-electron chi connectivity index (χ1n) is 6.71. The number of hydrogen-bond donors (Lipinski definition) is 1. The lowest BCUT2D eigenvalue weighted by Gasteiger charge is -2.09. The van der Waals surface area contributed by atoms with E-state index in [0.29, 0.717) is 11.3 Å². The molecule has 0 atom stereocenters. The summed E-state index contributed by atoms with van der Waals surface area (Å²) in [6, 6.07) is 7.23. The topological polar surface area (TPSA) is 87.6 Å². The van der Waals surface area contributed by atoms with Crippen LogP contribution in [0.3, 0.4) is 0 Å². The van der Waals surface area contributed by atoms with Crippen molar-refractivity contribution in [1.29, 1.82) is 0 Å². The van der Waals surface area contributed by atoms with Crippen molar-refractivity contribution in [2.75, 3.05) is 12.3 Å². The lowest BCUT2D eigenvalue weighted by molar-refractivity contribution is 0.0521. The minimum atomic E-state index is -0.598. The first kappa shape index (κ1) is 14.9. The summed E-state index contributed by atoms with van der Waals surface area (Å²) < 4.78 is 15.8. The molecule has 0 saturated carbocycles. The van der Waals surface area contributed by atoms with Crippen molar-refractivity contribution in [3.05, 3.63) is 30.0 Å². The quantitative estimate of drug-likeness (QED) is 0.852. The Hall–Kier alpha value is -2.50. The van der Waals surface area contributed by atoms with Gasteiger partial charge in [-0.1, -0.05) is 6.07 Å². The number of nitrogen functional groups attached to an aromatic ring is 1. The van der Waals surface area contributed by atoms with Gasteiger partial charge in [0, 0.05) is 5.56 Å². The van der Waals surface area contributed by atoms with Crippen LogP contribution in [0, 0.1) is 0 Å². The van der Waals surface area contributed by atoms with Crippen LogP contribution in [0.2, 0.25) is 0 Å². The molecule has 0 unspecified atom stereocenters. The average Bonchev–Trinajstić information content (AvgIpc) is 2.81. The Balaban J connectivity index is 2.30. The van der Waals surface area contributed by atoms with E-state index in [4.69, 9.17) is 19.6 Å². The van der Waals surface area contributed by atoms with Crippen molar-refractivity contribution in [2.24, 2.45) is 0 Å². The van der Waals surface area contributed by atoms with Crippen LogP contribution in [-0.2, 0) is 4.74 Å². The van der Waals surface area contributed by atoms with Gasteiger partial charge in [-0.2, -0.15) is 4.98 Å². The van der Waals surface area contributed by atoms with Crippen molar-refractivity contribution in [2.45, 2.75) is 26.9 Å². The normalized spacial score (nSPS) is 10.7. The van der Waals surface area contributed by atoms with Crippen LogP contribution >= 0.6 is 0 Å². The molecule has 2 rings (SSSR count). The van der Waals surface area contributed by atoms with E-state index in [2.05, 4.69) is 4.98 Å². The summed E-state index contributed by atoms with van der Waals surface area (Å²) in [7, 11) is 0. The summed E-state index contributed by atoms with van der Waals surface area (Å²) in [4.78, 5) is 15.8. The third-order valence-corrected chi connectivity index (χ3v) is 2.57. The summed E-state index contributed by atoms with van der Waals surface area (Å²) in [5.74, 6) is 0.292. The lowest BCUT2D eigenvalue weighted by atomic mass is 10.2. The molecule has 112 valence electrons. The molecule has 1 aromatic carbocycles. The molecule has 0 spiro atoms. The van der Waals surface area contributed by atoms with Gasteiger partial charge in [0.2, 0.25) is 17.5 Å². The van der Waals surface area contributed by atoms with Gasteiger partial charge in [0.25, 0.3) is 0 Å². The van der Waals surface area contributed by atoms with Gasteiger partial charge in [-0.3, -0.25) is 0 Å². The van der Waals surface area contributed by atoms with Crippen molar-refractivity contribution in [3.8, 4) is 17.2 Å². The molecule has 2 aromatic rings. The van der Waals surface area contributed by atoms with Gasteiger partial charge >= 0.3 is 5.97 Å². The second-order valence-electron chi connectivity index (χ2n) is 4.65. The molecule has 0 bridgehead atoms. The highest BCUT2D eigenvalue weighted by Gasteiger charge is 2.20. The van der Waals surface area contributed by atoms with Crippen molar-refractivity contribution in [1.82, 2.24) is 4.98 Å². The number of carbonyl (C=O) groups is 1. The number of anilines is 1. The molecule has 1 aromatic heterocycles. The van der Waals surface area contributed by atoms with Gasteiger partial charge in [-0.05, 0) is 39.0 Å². The predicted molar refractivity (Wildman–Crippen MR) is 78.1 cm³/mol.